The van der Waals surface area contributed by atoms with Gasteiger partial charge in [0.25, 0.3) is 0 Å². The SMILES string of the molecule is CCc1ccc2[nH]c(C=Cc3ccccc3)nc2c1C. The van der Waals surface area contributed by atoms with E-state index in [0.717, 1.165) is 23.3 Å². The van der Waals surface area contributed by atoms with Crippen molar-refractivity contribution in [2.75, 3.05) is 0 Å². The van der Waals surface area contributed by atoms with Crippen molar-refractivity contribution >= 4 is 23.2 Å². The minimum absolute atomic E-state index is 0.903. The van der Waals surface area contributed by atoms with Crippen LogP contribution in [0.15, 0.2) is 42.5 Å². The van der Waals surface area contributed by atoms with Gasteiger partial charge in [-0.05, 0) is 42.2 Å². The highest BCUT2D eigenvalue weighted by atomic mass is 14.9. The highest BCUT2D eigenvalue weighted by molar-refractivity contribution is 5.82. The lowest BCUT2D eigenvalue weighted by Crippen LogP contribution is -1.87. The lowest BCUT2D eigenvalue weighted by Gasteiger charge is -2.01. The van der Waals surface area contributed by atoms with Gasteiger partial charge in [-0.15, -0.1) is 0 Å². The van der Waals surface area contributed by atoms with Crippen molar-refractivity contribution < 1.29 is 0 Å². The molecule has 2 nitrogen and oxygen atoms in total. The minimum Gasteiger partial charge on any atom is -0.338 e. The molecule has 0 aliphatic heterocycles. The molecule has 0 amide bonds. The van der Waals surface area contributed by atoms with Crippen LogP contribution < -0.4 is 0 Å². The summed E-state index contributed by atoms with van der Waals surface area (Å²) < 4.78 is 0. The summed E-state index contributed by atoms with van der Waals surface area (Å²) in [7, 11) is 0. The first-order valence-electron chi connectivity index (χ1n) is 6.99. The van der Waals surface area contributed by atoms with Gasteiger partial charge in [0.15, 0.2) is 0 Å². The molecule has 0 spiro atoms. The van der Waals surface area contributed by atoms with E-state index >= 15 is 0 Å². The van der Waals surface area contributed by atoms with Crippen molar-refractivity contribution in [1.82, 2.24) is 9.97 Å². The van der Waals surface area contributed by atoms with E-state index in [1.54, 1.807) is 0 Å². The zero-order chi connectivity index (χ0) is 13.9. The van der Waals surface area contributed by atoms with Gasteiger partial charge in [-0.1, -0.05) is 49.4 Å². The maximum Gasteiger partial charge on any atom is 0.131 e. The number of fused-ring (bicyclic) bond motifs is 1. The topological polar surface area (TPSA) is 28.7 Å². The van der Waals surface area contributed by atoms with E-state index < -0.39 is 0 Å². The molecule has 100 valence electrons. The van der Waals surface area contributed by atoms with Crippen LogP contribution in [0.3, 0.4) is 0 Å². The van der Waals surface area contributed by atoms with Crippen molar-refractivity contribution in [2.24, 2.45) is 0 Å². The number of hydrogen-bond donors (Lipinski definition) is 1. The largest absolute Gasteiger partial charge is 0.338 e. The van der Waals surface area contributed by atoms with Gasteiger partial charge in [-0.3, -0.25) is 0 Å². The minimum atomic E-state index is 0.903. The van der Waals surface area contributed by atoms with Crippen molar-refractivity contribution in [3.8, 4) is 0 Å². The second-order valence-electron chi connectivity index (χ2n) is 4.97. The second kappa shape index (κ2) is 5.33. The Bertz CT molecular complexity index is 752. The van der Waals surface area contributed by atoms with Crippen LogP contribution in [0.25, 0.3) is 23.2 Å². The Morgan fingerprint density at radius 1 is 1.05 bits per heavy atom. The Hall–Kier alpha value is -2.35. The molecule has 3 rings (SSSR count). The number of hydrogen-bond acceptors (Lipinski definition) is 1. The van der Waals surface area contributed by atoms with E-state index in [2.05, 4.69) is 49.2 Å². The molecule has 3 aromatic rings. The normalized spacial score (nSPS) is 11.5. The summed E-state index contributed by atoms with van der Waals surface area (Å²) in [5, 5.41) is 0. The predicted octanol–water partition coefficient (Wildman–Crippen LogP) is 4.60. The zero-order valence-corrected chi connectivity index (χ0v) is 11.9. The fourth-order valence-electron chi connectivity index (χ4n) is 2.47. The van der Waals surface area contributed by atoms with Crippen LogP contribution in [0.5, 0.6) is 0 Å². The number of aryl methyl sites for hydroxylation is 2. The molecule has 0 fully saturated rings. The molecule has 0 aliphatic carbocycles. The summed E-state index contributed by atoms with van der Waals surface area (Å²) >= 11 is 0. The second-order valence-corrected chi connectivity index (χ2v) is 4.97. The molecule has 0 atom stereocenters. The number of imidazole rings is 1. The summed E-state index contributed by atoms with van der Waals surface area (Å²) in [6.45, 7) is 4.32. The smallest absolute Gasteiger partial charge is 0.131 e. The number of nitrogens with zero attached hydrogens (tertiary/aromatic N) is 1. The van der Waals surface area contributed by atoms with E-state index in [1.807, 2.05) is 24.3 Å². The van der Waals surface area contributed by atoms with Gasteiger partial charge in [0.1, 0.15) is 5.82 Å². The molecule has 0 saturated carbocycles. The van der Waals surface area contributed by atoms with E-state index in [9.17, 15) is 0 Å². The number of rotatable bonds is 3. The Balaban J connectivity index is 1.97. The molecule has 0 aliphatic rings. The molecule has 2 heteroatoms. The first-order valence-corrected chi connectivity index (χ1v) is 6.99. The number of nitrogens with one attached hydrogen (secondary N) is 1. The van der Waals surface area contributed by atoms with Crippen LogP contribution in [0, 0.1) is 6.92 Å². The molecule has 0 unspecified atom stereocenters. The fourth-order valence-corrected chi connectivity index (χ4v) is 2.47. The van der Waals surface area contributed by atoms with Gasteiger partial charge in [0.05, 0.1) is 11.0 Å². The van der Waals surface area contributed by atoms with Crippen molar-refractivity contribution in [3.05, 3.63) is 65.0 Å². The van der Waals surface area contributed by atoms with Crippen LogP contribution in [0.1, 0.15) is 29.4 Å². The van der Waals surface area contributed by atoms with Gasteiger partial charge in [-0.2, -0.15) is 0 Å². The molecule has 1 N–H and O–H groups in total. The van der Waals surface area contributed by atoms with E-state index in [4.69, 9.17) is 4.98 Å². The lowest BCUT2D eigenvalue weighted by molar-refractivity contribution is 1.12. The summed E-state index contributed by atoms with van der Waals surface area (Å²) in [6.07, 6.45) is 5.15. The van der Waals surface area contributed by atoms with Gasteiger partial charge in [0.2, 0.25) is 0 Å². The van der Waals surface area contributed by atoms with Crippen molar-refractivity contribution in [1.29, 1.82) is 0 Å². The third-order valence-electron chi connectivity index (χ3n) is 3.65. The standard InChI is InChI=1S/C18H18N2/c1-3-15-10-11-16-18(13(15)2)20-17(19-16)12-9-14-7-5-4-6-8-14/h4-12H,3H2,1-2H3,(H,19,20). The van der Waals surface area contributed by atoms with Crippen LogP contribution in [-0.2, 0) is 6.42 Å². The van der Waals surface area contributed by atoms with Gasteiger partial charge in [-0.25, -0.2) is 4.98 Å². The number of H-pyrrole nitrogens is 1. The Kier molecular flexibility index (Phi) is 3.38. The molecule has 2 aromatic carbocycles. The van der Waals surface area contributed by atoms with Crippen LogP contribution >= 0.6 is 0 Å². The molecular weight excluding hydrogens is 244 g/mol. The van der Waals surface area contributed by atoms with Crippen LogP contribution in [0.2, 0.25) is 0 Å². The molecular formula is C18H18N2. The average molecular weight is 262 g/mol. The predicted molar refractivity (Wildman–Crippen MR) is 85.6 cm³/mol. The van der Waals surface area contributed by atoms with Gasteiger partial charge >= 0.3 is 0 Å². The first-order chi connectivity index (χ1) is 9.78. The maximum atomic E-state index is 4.69. The molecule has 0 saturated heterocycles. The number of benzene rings is 2. The van der Waals surface area contributed by atoms with E-state index in [-0.39, 0.29) is 0 Å². The van der Waals surface area contributed by atoms with Crippen molar-refractivity contribution in [3.63, 3.8) is 0 Å². The number of aromatic amines is 1. The maximum absolute atomic E-state index is 4.69. The molecule has 1 aromatic heterocycles. The third kappa shape index (κ3) is 2.37. The Morgan fingerprint density at radius 3 is 2.60 bits per heavy atom. The van der Waals surface area contributed by atoms with Gasteiger partial charge in [0, 0.05) is 0 Å². The summed E-state index contributed by atoms with van der Waals surface area (Å²) in [6, 6.07) is 14.6. The Morgan fingerprint density at radius 2 is 1.85 bits per heavy atom. The quantitative estimate of drug-likeness (QED) is 0.734. The summed E-state index contributed by atoms with van der Waals surface area (Å²) in [5.74, 6) is 0.903. The molecule has 1 heterocycles. The number of aromatic nitrogens is 2. The first kappa shape index (κ1) is 12.7. The van der Waals surface area contributed by atoms with Crippen LogP contribution in [-0.4, -0.2) is 9.97 Å². The highest BCUT2D eigenvalue weighted by Crippen LogP contribution is 2.21. The third-order valence-corrected chi connectivity index (χ3v) is 3.65. The molecule has 0 bridgehead atoms. The zero-order valence-electron chi connectivity index (χ0n) is 11.9. The van der Waals surface area contributed by atoms with Crippen molar-refractivity contribution in [2.45, 2.75) is 20.3 Å². The molecule has 0 radical (unpaired) electrons. The fraction of sp³-hybridized carbons (Fsp3) is 0.167. The lowest BCUT2D eigenvalue weighted by atomic mass is 10.1. The van der Waals surface area contributed by atoms with Gasteiger partial charge < -0.3 is 4.98 Å². The van der Waals surface area contributed by atoms with E-state index in [1.165, 1.54) is 16.7 Å². The van der Waals surface area contributed by atoms with Crippen LogP contribution in [0.4, 0.5) is 0 Å². The molecule has 20 heavy (non-hydrogen) atoms. The highest BCUT2D eigenvalue weighted by Gasteiger charge is 2.06. The van der Waals surface area contributed by atoms with E-state index in [0.29, 0.717) is 0 Å². The summed E-state index contributed by atoms with van der Waals surface area (Å²) in [5.41, 5.74) is 6.01. The average Bonchev–Trinajstić information content (AvgIpc) is 2.91. The Labute approximate surface area is 119 Å². The monoisotopic (exact) mass is 262 g/mol. The summed E-state index contributed by atoms with van der Waals surface area (Å²) in [4.78, 5) is 8.05.